The Balaban J connectivity index is 1.95. The summed E-state index contributed by atoms with van der Waals surface area (Å²) in [6.45, 7) is 2.09. The van der Waals surface area contributed by atoms with Crippen molar-refractivity contribution in [2.24, 2.45) is 0 Å². The second kappa shape index (κ2) is 5.28. The summed E-state index contributed by atoms with van der Waals surface area (Å²) in [5.41, 5.74) is 7.62. The van der Waals surface area contributed by atoms with Gasteiger partial charge in [0.1, 0.15) is 5.82 Å². The Morgan fingerprint density at radius 1 is 1.65 bits per heavy atom. The molecule has 5 nitrogen and oxygen atoms in total. The van der Waals surface area contributed by atoms with Crippen LogP contribution in [0.25, 0.3) is 0 Å². The average molecular weight is 291 g/mol. The number of hydrogen-bond acceptors (Lipinski definition) is 5. The fourth-order valence-corrected chi connectivity index (χ4v) is 3.71. The lowest BCUT2D eigenvalue weighted by Gasteiger charge is -2.24. The Morgan fingerprint density at radius 2 is 2.50 bits per heavy atom. The first-order valence-corrected chi connectivity index (χ1v) is 7.66. The molecular formula is C14H17N3O2S. The number of nitrogen functional groups attached to an aromatic ring is 1. The number of rotatable bonds is 3. The largest absolute Gasteiger partial charge is 0.461 e. The van der Waals surface area contributed by atoms with E-state index in [1.807, 2.05) is 4.57 Å². The van der Waals surface area contributed by atoms with Crippen LogP contribution in [0.4, 0.5) is 5.82 Å². The van der Waals surface area contributed by atoms with Crippen LogP contribution in [0, 0.1) is 0 Å². The van der Waals surface area contributed by atoms with E-state index in [0.717, 1.165) is 19.3 Å². The maximum absolute atomic E-state index is 11.8. The normalized spacial score (nSPS) is 17.8. The average Bonchev–Trinajstić information content (AvgIpc) is 3.05. The van der Waals surface area contributed by atoms with Crippen LogP contribution >= 0.6 is 11.3 Å². The molecule has 0 saturated heterocycles. The molecule has 0 amide bonds. The number of hydrogen-bond donors (Lipinski definition) is 1. The first-order valence-electron chi connectivity index (χ1n) is 6.78. The van der Waals surface area contributed by atoms with Gasteiger partial charge in [0.15, 0.2) is 5.69 Å². The number of thiophene rings is 1. The van der Waals surface area contributed by atoms with Crippen molar-refractivity contribution in [3.63, 3.8) is 0 Å². The first-order chi connectivity index (χ1) is 9.72. The number of fused-ring (bicyclic) bond motifs is 1. The monoisotopic (exact) mass is 291 g/mol. The lowest BCUT2D eigenvalue weighted by atomic mass is 9.94. The SMILES string of the molecule is CCOC(=O)c1ncn(C2CCCc3sccc32)c1N. The number of carbonyl (C=O) groups excluding carboxylic acids is 1. The molecule has 0 spiro atoms. The fourth-order valence-electron chi connectivity index (χ4n) is 2.73. The third-order valence-corrected chi connectivity index (χ3v) is 4.65. The first kappa shape index (κ1) is 13.2. The van der Waals surface area contributed by atoms with Gasteiger partial charge in [0, 0.05) is 4.88 Å². The van der Waals surface area contributed by atoms with Crippen molar-refractivity contribution in [2.75, 3.05) is 12.3 Å². The predicted molar refractivity (Wildman–Crippen MR) is 78.0 cm³/mol. The molecule has 20 heavy (non-hydrogen) atoms. The Kier molecular flexibility index (Phi) is 3.48. The minimum absolute atomic E-state index is 0.181. The van der Waals surface area contributed by atoms with E-state index in [9.17, 15) is 4.79 Å². The van der Waals surface area contributed by atoms with Crippen molar-refractivity contribution in [1.29, 1.82) is 0 Å². The molecule has 0 radical (unpaired) electrons. The minimum atomic E-state index is -0.454. The summed E-state index contributed by atoms with van der Waals surface area (Å²) in [5.74, 6) is -0.0578. The molecule has 0 aromatic carbocycles. The molecule has 2 aromatic rings. The van der Waals surface area contributed by atoms with Gasteiger partial charge >= 0.3 is 5.97 Å². The summed E-state index contributed by atoms with van der Waals surface area (Å²) in [6, 6.07) is 2.33. The van der Waals surface area contributed by atoms with Gasteiger partial charge < -0.3 is 15.0 Å². The number of carbonyl (C=O) groups is 1. The number of nitrogens with zero attached hydrogens (tertiary/aromatic N) is 2. The maximum atomic E-state index is 11.8. The van der Waals surface area contributed by atoms with Gasteiger partial charge in [-0.05, 0) is 43.2 Å². The molecule has 0 aliphatic heterocycles. The molecule has 0 saturated carbocycles. The van der Waals surface area contributed by atoms with Gasteiger partial charge in [-0.15, -0.1) is 11.3 Å². The molecule has 6 heteroatoms. The molecule has 2 aromatic heterocycles. The van der Waals surface area contributed by atoms with E-state index in [4.69, 9.17) is 10.5 Å². The minimum Gasteiger partial charge on any atom is -0.461 e. The lowest BCUT2D eigenvalue weighted by molar-refractivity contribution is 0.0521. The molecule has 1 atom stereocenters. The van der Waals surface area contributed by atoms with Crippen molar-refractivity contribution in [1.82, 2.24) is 9.55 Å². The third kappa shape index (κ3) is 2.10. The Bertz CT molecular complexity index is 632. The van der Waals surface area contributed by atoms with Gasteiger partial charge in [-0.3, -0.25) is 0 Å². The van der Waals surface area contributed by atoms with Crippen LogP contribution < -0.4 is 5.73 Å². The smallest absolute Gasteiger partial charge is 0.360 e. The van der Waals surface area contributed by atoms with Crippen molar-refractivity contribution >= 4 is 23.1 Å². The fraction of sp³-hybridized carbons (Fsp3) is 0.429. The number of aryl methyl sites for hydroxylation is 1. The molecule has 0 bridgehead atoms. The topological polar surface area (TPSA) is 70.1 Å². The van der Waals surface area contributed by atoms with Gasteiger partial charge in [0.05, 0.1) is 19.0 Å². The maximum Gasteiger partial charge on any atom is 0.360 e. The quantitative estimate of drug-likeness (QED) is 0.883. The highest BCUT2D eigenvalue weighted by atomic mass is 32.1. The summed E-state index contributed by atoms with van der Waals surface area (Å²) in [5, 5.41) is 2.11. The van der Waals surface area contributed by atoms with Crippen molar-refractivity contribution in [3.05, 3.63) is 33.9 Å². The number of imidazole rings is 1. The van der Waals surface area contributed by atoms with Crippen LogP contribution in [0.2, 0.25) is 0 Å². The Morgan fingerprint density at radius 3 is 3.30 bits per heavy atom. The van der Waals surface area contributed by atoms with Crippen molar-refractivity contribution in [2.45, 2.75) is 32.2 Å². The van der Waals surface area contributed by atoms with Gasteiger partial charge in [-0.25, -0.2) is 9.78 Å². The summed E-state index contributed by atoms with van der Waals surface area (Å²) >= 11 is 1.78. The number of ether oxygens (including phenoxy) is 1. The molecule has 2 N–H and O–H groups in total. The van der Waals surface area contributed by atoms with Crippen LogP contribution in [0.1, 0.15) is 46.7 Å². The van der Waals surface area contributed by atoms with E-state index in [-0.39, 0.29) is 11.7 Å². The third-order valence-electron chi connectivity index (χ3n) is 3.66. The number of nitrogens with two attached hydrogens (primary N) is 1. The zero-order valence-electron chi connectivity index (χ0n) is 11.3. The second-order valence-corrected chi connectivity index (χ2v) is 5.81. The Hall–Kier alpha value is -1.82. The molecule has 1 unspecified atom stereocenters. The molecule has 2 heterocycles. The van der Waals surface area contributed by atoms with E-state index in [1.165, 1.54) is 10.4 Å². The molecule has 1 aliphatic carbocycles. The van der Waals surface area contributed by atoms with Crippen molar-refractivity contribution < 1.29 is 9.53 Å². The van der Waals surface area contributed by atoms with E-state index in [2.05, 4.69) is 16.4 Å². The highest BCUT2D eigenvalue weighted by Gasteiger charge is 2.26. The van der Waals surface area contributed by atoms with Crippen LogP contribution in [0.15, 0.2) is 17.8 Å². The molecule has 106 valence electrons. The van der Waals surface area contributed by atoms with E-state index >= 15 is 0 Å². The highest BCUT2D eigenvalue weighted by Crippen LogP contribution is 2.37. The zero-order chi connectivity index (χ0) is 14.1. The number of aromatic nitrogens is 2. The summed E-state index contributed by atoms with van der Waals surface area (Å²) in [4.78, 5) is 17.3. The van der Waals surface area contributed by atoms with E-state index in [0.29, 0.717) is 12.4 Å². The molecular weight excluding hydrogens is 274 g/mol. The zero-order valence-corrected chi connectivity index (χ0v) is 12.2. The molecule has 0 fully saturated rings. The van der Waals surface area contributed by atoms with Gasteiger partial charge in [0.25, 0.3) is 0 Å². The molecule has 1 aliphatic rings. The summed E-state index contributed by atoms with van der Waals surface area (Å²) < 4.78 is 6.87. The van der Waals surface area contributed by atoms with Gasteiger partial charge in [0.2, 0.25) is 0 Å². The number of anilines is 1. The predicted octanol–water partition coefficient (Wildman–Crippen LogP) is 2.63. The van der Waals surface area contributed by atoms with Crippen LogP contribution in [-0.2, 0) is 11.2 Å². The van der Waals surface area contributed by atoms with E-state index in [1.54, 1.807) is 24.6 Å². The summed E-state index contributed by atoms with van der Waals surface area (Å²) in [6.07, 6.45) is 4.93. The van der Waals surface area contributed by atoms with E-state index < -0.39 is 5.97 Å². The van der Waals surface area contributed by atoms with Crippen LogP contribution in [-0.4, -0.2) is 22.1 Å². The Labute approximate surface area is 121 Å². The summed E-state index contributed by atoms with van der Waals surface area (Å²) in [7, 11) is 0. The van der Waals surface area contributed by atoms with Gasteiger partial charge in [-0.1, -0.05) is 0 Å². The standard InChI is InChI=1S/C14H17N3O2S/c1-2-19-14(18)12-13(15)17(8-16-12)10-4-3-5-11-9(10)6-7-20-11/h6-8,10H,2-5,15H2,1H3. The van der Waals surface area contributed by atoms with Crippen LogP contribution in [0.5, 0.6) is 0 Å². The molecule has 3 rings (SSSR count). The van der Waals surface area contributed by atoms with Crippen molar-refractivity contribution in [3.8, 4) is 0 Å². The van der Waals surface area contributed by atoms with Gasteiger partial charge in [-0.2, -0.15) is 0 Å². The highest BCUT2D eigenvalue weighted by molar-refractivity contribution is 7.10. The van der Waals surface area contributed by atoms with Crippen LogP contribution in [0.3, 0.4) is 0 Å². The lowest BCUT2D eigenvalue weighted by Crippen LogP contribution is -2.17. The number of esters is 1. The second-order valence-electron chi connectivity index (χ2n) is 4.81.